The fraction of sp³-hybridized carbons (Fsp3) is 0.706. The van der Waals surface area contributed by atoms with Gasteiger partial charge >= 0.3 is 0 Å². The van der Waals surface area contributed by atoms with E-state index in [0.29, 0.717) is 6.54 Å². The second-order valence-electron chi connectivity index (χ2n) is 6.76. The summed E-state index contributed by atoms with van der Waals surface area (Å²) < 4.78 is 28.2. The minimum Gasteiger partial charge on any atom is -0.385 e. The van der Waals surface area contributed by atoms with Crippen molar-refractivity contribution in [2.24, 2.45) is 15.5 Å². The van der Waals surface area contributed by atoms with E-state index in [2.05, 4.69) is 15.6 Å². The summed E-state index contributed by atoms with van der Waals surface area (Å²) in [5.41, 5.74) is 0.274. The first-order valence-electron chi connectivity index (χ1n) is 9.01. The molecule has 0 amide bonds. The number of methoxy groups -OCH3 is 1. The smallest absolute Gasteiger partial charge is 0.247 e. The third-order valence-corrected chi connectivity index (χ3v) is 7.29. The van der Waals surface area contributed by atoms with E-state index in [1.807, 2.05) is 6.92 Å². The Bertz CT molecular complexity index is 695. The third kappa shape index (κ3) is 6.22. The molecule has 0 radical (unpaired) electrons. The van der Waals surface area contributed by atoms with Crippen molar-refractivity contribution in [3.05, 3.63) is 17.0 Å². The average Bonchev–Trinajstić information content (AvgIpc) is 3.25. The highest BCUT2D eigenvalue weighted by Gasteiger charge is 2.33. The number of thiophene rings is 1. The van der Waals surface area contributed by atoms with E-state index in [9.17, 15) is 8.42 Å². The Morgan fingerprint density at radius 3 is 2.65 bits per heavy atom. The van der Waals surface area contributed by atoms with Gasteiger partial charge in [-0.1, -0.05) is 12.8 Å². The number of hydrogen-bond acceptors (Lipinski definition) is 5. The van der Waals surface area contributed by atoms with Crippen molar-refractivity contribution in [1.29, 1.82) is 0 Å². The van der Waals surface area contributed by atoms with Gasteiger partial charge in [0.1, 0.15) is 4.21 Å². The van der Waals surface area contributed by atoms with Crippen LogP contribution in [0.25, 0.3) is 0 Å². The van der Waals surface area contributed by atoms with Crippen LogP contribution in [-0.2, 0) is 21.3 Å². The van der Waals surface area contributed by atoms with Crippen LogP contribution in [0.5, 0.6) is 0 Å². The number of primary sulfonamides is 1. The zero-order valence-electron chi connectivity index (χ0n) is 15.6. The summed E-state index contributed by atoms with van der Waals surface area (Å²) in [5, 5.41) is 11.9. The topological polar surface area (TPSA) is 106 Å². The van der Waals surface area contributed by atoms with Crippen LogP contribution in [0.4, 0.5) is 0 Å². The molecule has 4 N–H and O–H groups in total. The number of aliphatic imine (C=N–C) groups is 1. The van der Waals surface area contributed by atoms with E-state index in [1.54, 1.807) is 13.2 Å². The van der Waals surface area contributed by atoms with Crippen molar-refractivity contribution in [1.82, 2.24) is 10.6 Å². The lowest BCUT2D eigenvalue weighted by molar-refractivity contribution is 0.138. The zero-order chi connectivity index (χ0) is 19.0. The van der Waals surface area contributed by atoms with Gasteiger partial charge in [0.25, 0.3) is 0 Å². The van der Waals surface area contributed by atoms with Gasteiger partial charge in [0.15, 0.2) is 5.96 Å². The van der Waals surface area contributed by atoms with Crippen LogP contribution in [0.1, 0.15) is 43.9 Å². The van der Waals surface area contributed by atoms with Crippen LogP contribution in [0, 0.1) is 5.41 Å². The van der Waals surface area contributed by atoms with Crippen LogP contribution < -0.4 is 15.8 Å². The van der Waals surface area contributed by atoms with Crippen LogP contribution in [0.2, 0.25) is 0 Å². The quantitative estimate of drug-likeness (QED) is 0.433. The van der Waals surface area contributed by atoms with E-state index in [4.69, 9.17) is 9.88 Å². The van der Waals surface area contributed by atoms with E-state index in [1.165, 1.54) is 31.7 Å². The summed E-state index contributed by atoms with van der Waals surface area (Å²) in [6.07, 6.45) is 6.02. The lowest BCUT2D eigenvalue weighted by atomic mass is 9.83. The van der Waals surface area contributed by atoms with Gasteiger partial charge in [-0.15, -0.1) is 11.3 Å². The molecule has 1 aromatic rings. The maximum atomic E-state index is 11.4. The molecule has 0 atom stereocenters. The SMILES string of the molecule is CCNC(=NCc1ccc(S(N)(=O)=O)s1)NCC1(CCOC)CCCC1. The molecular formula is C17H30N4O3S2. The van der Waals surface area contributed by atoms with Gasteiger partial charge in [-0.25, -0.2) is 18.5 Å². The van der Waals surface area contributed by atoms with Crippen molar-refractivity contribution >= 4 is 27.3 Å². The molecule has 2 rings (SSSR count). The first-order chi connectivity index (χ1) is 12.4. The van der Waals surface area contributed by atoms with Crippen LogP contribution >= 0.6 is 11.3 Å². The average molecular weight is 403 g/mol. The largest absolute Gasteiger partial charge is 0.385 e. The Kier molecular flexibility index (Phi) is 7.87. The molecule has 0 aliphatic heterocycles. The lowest BCUT2D eigenvalue weighted by Crippen LogP contribution is -2.43. The lowest BCUT2D eigenvalue weighted by Gasteiger charge is -2.30. The number of nitrogens with zero attached hydrogens (tertiary/aromatic N) is 1. The molecule has 26 heavy (non-hydrogen) atoms. The van der Waals surface area contributed by atoms with Crippen LogP contribution in [0.15, 0.2) is 21.3 Å². The molecule has 0 spiro atoms. The molecule has 7 nitrogen and oxygen atoms in total. The van der Waals surface area contributed by atoms with Gasteiger partial charge < -0.3 is 15.4 Å². The van der Waals surface area contributed by atoms with Gasteiger partial charge in [-0.2, -0.15) is 0 Å². The number of guanidine groups is 1. The number of nitrogens with two attached hydrogens (primary N) is 1. The molecule has 1 heterocycles. The molecule has 1 aliphatic rings. The standard InChI is InChI=1S/C17H30N4O3S2/c1-3-19-16(20-12-14-6-7-15(25-14)26(18,22)23)21-13-17(10-11-24-2)8-4-5-9-17/h6-7H,3-5,8-13H2,1-2H3,(H2,18,22,23)(H2,19,20,21). The number of sulfonamides is 1. The molecule has 0 unspecified atom stereocenters. The second kappa shape index (κ2) is 9.68. The number of hydrogen-bond donors (Lipinski definition) is 3. The van der Waals surface area contributed by atoms with E-state index in [0.717, 1.165) is 48.3 Å². The molecule has 1 saturated carbocycles. The van der Waals surface area contributed by atoms with E-state index in [-0.39, 0.29) is 9.62 Å². The van der Waals surface area contributed by atoms with Crippen molar-refractivity contribution in [3.8, 4) is 0 Å². The van der Waals surface area contributed by atoms with Gasteiger partial charge in [0, 0.05) is 31.7 Å². The van der Waals surface area contributed by atoms with Crippen molar-refractivity contribution < 1.29 is 13.2 Å². The van der Waals surface area contributed by atoms with E-state index >= 15 is 0 Å². The second-order valence-corrected chi connectivity index (χ2v) is 9.72. The number of rotatable bonds is 9. The minimum atomic E-state index is -3.64. The maximum Gasteiger partial charge on any atom is 0.247 e. The molecule has 0 bridgehead atoms. The fourth-order valence-electron chi connectivity index (χ4n) is 3.32. The van der Waals surface area contributed by atoms with Crippen molar-refractivity contribution in [2.45, 2.75) is 49.8 Å². The summed E-state index contributed by atoms with van der Waals surface area (Å²) >= 11 is 1.16. The van der Waals surface area contributed by atoms with Gasteiger partial charge in [0.2, 0.25) is 10.0 Å². The van der Waals surface area contributed by atoms with Crippen LogP contribution in [-0.4, -0.2) is 41.2 Å². The number of ether oxygens (including phenoxy) is 1. The predicted octanol–water partition coefficient (Wildman–Crippen LogP) is 2.05. The summed E-state index contributed by atoms with van der Waals surface area (Å²) in [5.74, 6) is 0.752. The first kappa shape index (κ1) is 21.1. The molecular weight excluding hydrogens is 372 g/mol. The van der Waals surface area contributed by atoms with Gasteiger partial charge in [0.05, 0.1) is 6.54 Å². The highest BCUT2D eigenvalue weighted by Crippen LogP contribution is 2.40. The van der Waals surface area contributed by atoms with Gasteiger partial charge in [-0.05, 0) is 43.7 Å². The van der Waals surface area contributed by atoms with Crippen LogP contribution in [0.3, 0.4) is 0 Å². The number of nitrogens with one attached hydrogen (secondary N) is 2. The normalized spacial score (nSPS) is 17.4. The maximum absolute atomic E-state index is 11.4. The summed E-state index contributed by atoms with van der Waals surface area (Å²) in [6, 6.07) is 3.29. The molecule has 1 fully saturated rings. The van der Waals surface area contributed by atoms with Gasteiger partial charge in [-0.3, -0.25) is 0 Å². The molecule has 0 aromatic carbocycles. The summed E-state index contributed by atoms with van der Waals surface area (Å²) in [6.45, 7) is 4.86. The fourth-order valence-corrected chi connectivity index (χ4v) is 5.03. The van der Waals surface area contributed by atoms with Crippen molar-refractivity contribution in [3.63, 3.8) is 0 Å². The molecule has 9 heteroatoms. The summed E-state index contributed by atoms with van der Waals surface area (Å²) in [7, 11) is -1.89. The Morgan fingerprint density at radius 1 is 1.35 bits per heavy atom. The van der Waals surface area contributed by atoms with Crippen molar-refractivity contribution in [2.75, 3.05) is 26.8 Å². The van der Waals surface area contributed by atoms with E-state index < -0.39 is 10.0 Å². The Balaban J connectivity index is 1.98. The molecule has 1 aliphatic carbocycles. The molecule has 0 saturated heterocycles. The highest BCUT2D eigenvalue weighted by molar-refractivity contribution is 7.91. The third-order valence-electron chi connectivity index (χ3n) is 4.79. The minimum absolute atomic E-state index is 0.171. The molecule has 1 aromatic heterocycles. The zero-order valence-corrected chi connectivity index (χ0v) is 17.2. The predicted molar refractivity (Wildman–Crippen MR) is 106 cm³/mol. The monoisotopic (exact) mass is 402 g/mol. The summed E-state index contributed by atoms with van der Waals surface area (Å²) in [4.78, 5) is 5.45. The Labute approximate surface area is 160 Å². The molecule has 148 valence electrons. The Hall–Kier alpha value is -1.16. The highest BCUT2D eigenvalue weighted by atomic mass is 32.2. The first-order valence-corrected chi connectivity index (χ1v) is 11.4. The Morgan fingerprint density at radius 2 is 2.08 bits per heavy atom.